The molecule has 1 aromatic heterocycles. The molecule has 1 aromatic carbocycles. The molecule has 2 N–H and O–H groups in total. The van der Waals surface area contributed by atoms with Gasteiger partial charge >= 0.3 is 0 Å². The summed E-state index contributed by atoms with van der Waals surface area (Å²) in [4.78, 5) is 18.3. The van der Waals surface area contributed by atoms with Crippen molar-refractivity contribution in [1.82, 2.24) is 10.3 Å². The summed E-state index contributed by atoms with van der Waals surface area (Å²) in [6.45, 7) is 2.14. The maximum atomic E-state index is 12.6. The predicted octanol–water partition coefficient (Wildman–Crippen LogP) is 3.35. The third-order valence-electron chi connectivity index (χ3n) is 4.88. The average Bonchev–Trinajstić information content (AvgIpc) is 3.24. The number of carbonyl (C=O) groups excluding carboxylic acids is 1. The monoisotopic (exact) mass is 327 g/mol. The van der Waals surface area contributed by atoms with Gasteiger partial charge in [0.2, 0.25) is 0 Å². The molecule has 5 heteroatoms. The number of fused-ring (bicyclic) bond motifs is 1. The molecule has 0 bridgehead atoms. The number of hydrogen-bond donors (Lipinski definition) is 2. The zero-order chi connectivity index (χ0) is 15.6. The van der Waals surface area contributed by atoms with Crippen molar-refractivity contribution in [1.29, 1.82) is 0 Å². The van der Waals surface area contributed by atoms with E-state index in [9.17, 15) is 4.79 Å². The van der Waals surface area contributed by atoms with Gasteiger partial charge in [0.05, 0.1) is 0 Å². The van der Waals surface area contributed by atoms with Crippen molar-refractivity contribution in [3.63, 3.8) is 0 Å². The molecular weight excluding hydrogens is 306 g/mol. The Bertz CT molecular complexity index is 719. The molecular formula is C18H21N3OS. The highest BCUT2D eigenvalue weighted by Gasteiger charge is 2.21. The lowest BCUT2D eigenvalue weighted by Gasteiger charge is -2.20. The van der Waals surface area contributed by atoms with Crippen molar-refractivity contribution < 1.29 is 4.79 Å². The second-order valence-electron chi connectivity index (χ2n) is 6.34. The summed E-state index contributed by atoms with van der Waals surface area (Å²) in [5.74, 6) is 0.565. The van der Waals surface area contributed by atoms with Crippen LogP contribution in [0.15, 0.2) is 24.4 Å². The summed E-state index contributed by atoms with van der Waals surface area (Å²) < 4.78 is 0. The summed E-state index contributed by atoms with van der Waals surface area (Å²) in [5, 5.41) is 7.10. The summed E-state index contributed by atoms with van der Waals surface area (Å²) >= 11 is 1.62. The van der Waals surface area contributed by atoms with E-state index in [1.54, 1.807) is 11.3 Å². The molecule has 2 heterocycles. The van der Waals surface area contributed by atoms with Crippen molar-refractivity contribution in [2.45, 2.75) is 38.0 Å². The Hall–Kier alpha value is -1.72. The summed E-state index contributed by atoms with van der Waals surface area (Å²) in [6.07, 6.45) is 7.50. The van der Waals surface area contributed by atoms with Crippen LogP contribution in [-0.2, 0) is 12.8 Å². The molecule has 23 heavy (non-hydrogen) atoms. The van der Waals surface area contributed by atoms with Crippen LogP contribution in [0, 0.1) is 0 Å². The van der Waals surface area contributed by atoms with Gasteiger partial charge in [-0.1, -0.05) is 12.1 Å². The molecule has 1 fully saturated rings. The van der Waals surface area contributed by atoms with Crippen molar-refractivity contribution in [2.75, 3.05) is 18.4 Å². The number of aromatic nitrogens is 1. The van der Waals surface area contributed by atoms with Crippen molar-refractivity contribution in [2.24, 2.45) is 0 Å². The summed E-state index contributed by atoms with van der Waals surface area (Å²) in [7, 11) is 0. The molecule has 120 valence electrons. The fourth-order valence-corrected chi connectivity index (χ4v) is 4.62. The van der Waals surface area contributed by atoms with Gasteiger partial charge < -0.3 is 5.32 Å². The van der Waals surface area contributed by atoms with Gasteiger partial charge in [0, 0.05) is 16.6 Å². The van der Waals surface area contributed by atoms with Gasteiger partial charge in [0.25, 0.3) is 5.91 Å². The van der Waals surface area contributed by atoms with E-state index in [-0.39, 0.29) is 5.91 Å². The molecule has 2 aromatic rings. The average molecular weight is 327 g/mol. The fourth-order valence-electron chi connectivity index (χ4n) is 3.64. The van der Waals surface area contributed by atoms with Crippen LogP contribution in [-0.4, -0.2) is 24.0 Å². The summed E-state index contributed by atoms with van der Waals surface area (Å²) in [5.41, 5.74) is 3.37. The number of carbonyl (C=O) groups is 1. The lowest BCUT2D eigenvalue weighted by molar-refractivity contribution is 0.102. The van der Waals surface area contributed by atoms with Crippen LogP contribution < -0.4 is 10.6 Å². The van der Waals surface area contributed by atoms with Crippen molar-refractivity contribution in [3.05, 3.63) is 46.0 Å². The SMILES string of the molecule is O=C(Nc1ncc(C2CCNCC2)s1)c1cccc2c1CCC2. The van der Waals surface area contributed by atoms with Gasteiger partial charge in [-0.05, 0) is 68.3 Å². The molecule has 1 aliphatic heterocycles. The lowest BCUT2D eigenvalue weighted by Crippen LogP contribution is -2.26. The van der Waals surface area contributed by atoms with E-state index < -0.39 is 0 Å². The maximum Gasteiger partial charge on any atom is 0.257 e. The Kier molecular flexibility index (Phi) is 4.14. The van der Waals surface area contributed by atoms with E-state index in [0.29, 0.717) is 5.92 Å². The van der Waals surface area contributed by atoms with Crippen LogP contribution in [0.3, 0.4) is 0 Å². The van der Waals surface area contributed by atoms with Crippen LogP contribution in [0.1, 0.15) is 51.5 Å². The predicted molar refractivity (Wildman–Crippen MR) is 93.4 cm³/mol. The third kappa shape index (κ3) is 3.03. The van der Waals surface area contributed by atoms with Crippen molar-refractivity contribution >= 4 is 22.4 Å². The molecule has 0 saturated carbocycles. The first kappa shape index (κ1) is 14.8. The number of anilines is 1. The molecule has 0 atom stereocenters. The van der Waals surface area contributed by atoms with Gasteiger partial charge in [-0.15, -0.1) is 11.3 Å². The number of thiazole rings is 1. The van der Waals surface area contributed by atoms with E-state index in [2.05, 4.69) is 21.7 Å². The number of piperidine rings is 1. The van der Waals surface area contributed by atoms with Crippen LogP contribution in [0.5, 0.6) is 0 Å². The molecule has 1 saturated heterocycles. The highest BCUT2D eigenvalue weighted by Crippen LogP contribution is 2.32. The minimum Gasteiger partial charge on any atom is -0.317 e. The summed E-state index contributed by atoms with van der Waals surface area (Å²) in [6, 6.07) is 6.06. The molecule has 0 spiro atoms. The molecule has 4 nitrogen and oxygen atoms in total. The smallest absolute Gasteiger partial charge is 0.257 e. The Morgan fingerprint density at radius 2 is 2.13 bits per heavy atom. The molecule has 4 rings (SSSR count). The molecule has 1 amide bonds. The first-order valence-electron chi connectivity index (χ1n) is 8.40. The van der Waals surface area contributed by atoms with E-state index in [1.807, 2.05) is 18.3 Å². The van der Waals surface area contributed by atoms with Gasteiger partial charge in [-0.3, -0.25) is 10.1 Å². The standard InChI is InChI=1S/C18H21N3OS/c22-17(15-6-2-4-12-3-1-5-14(12)15)21-18-20-11-16(23-18)13-7-9-19-10-8-13/h2,4,6,11,13,19H,1,3,5,7-10H2,(H,20,21,22). The topological polar surface area (TPSA) is 54.0 Å². The van der Waals surface area contributed by atoms with Crippen LogP contribution in [0.2, 0.25) is 0 Å². The maximum absolute atomic E-state index is 12.6. The third-order valence-corrected chi connectivity index (χ3v) is 5.95. The number of hydrogen-bond acceptors (Lipinski definition) is 4. The van der Waals surface area contributed by atoms with E-state index in [4.69, 9.17) is 0 Å². The zero-order valence-corrected chi connectivity index (χ0v) is 13.9. The van der Waals surface area contributed by atoms with Gasteiger partial charge in [-0.25, -0.2) is 4.98 Å². The molecule has 1 aliphatic carbocycles. The highest BCUT2D eigenvalue weighted by molar-refractivity contribution is 7.15. The Morgan fingerprint density at radius 3 is 3.00 bits per heavy atom. The molecule has 0 radical (unpaired) electrons. The van der Waals surface area contributed by atoms with Crippen LogP contribution in [0.4, 0.5) is 5.13 Å². The Morgan fingerprint density at radius 1 is 1.26 bits per heavy atom. The minimum absolute atomic E-state index is 0.0186. The fraction of sp³-hybridized carbons (Fsp3) is 0.444. The second kappa shape index (κ2) is 6.42. The van der Waals surface area contributed by atoms with E-state index in [0.717, 1.165) is 55.9 Å². The number of aryl methyl sites for hydroxylation is 1. The zero-order valence-electron chi connectivity index (χ0n) is 13.1. The molecule has 2 aliphatic rings. The number of nitrogens with zero attached hydrogens (tertiary/aromatic N) is 1. The minimum atomic E-state index is -0.0186. The first-order chi connectivity index (χ1) is 11.3. The van der Waals surface area contributed by atoms with Gasteiger partial charge in [0.15, 0.2) is 5.13 Å². The number of nitrogens with one attached hydrogen (secondary N) is 2. The van der Waals surface area contributed by atoms with Gasteiger partial charge in [0.1, 0.15) is 0 Å². The van der Waals surface area contributed by atoms with Gasteiger partial charge in [-0.2, -0.15) is 0 Å². The Labute approximate surface area is 140 Å². The largest absolute Gasteiger partial charge is 0.317 e. The van der Waals surface area contributed by atoms with E-state index >= 15 is 0 Å². The Balaban J connectivity index is 1.49. The number of rotatable bonds is 3. The van der Waals surface area contributed by atoms with Crippen LogP contribution >= 0.6 is 11.3 Å². The highest BCUT2D eigenvalue weighted by atomic mass is 32.1. The lowest BCUT2D eigenvalue weighted by atomic mass is 9.97. The number of benzene rings is 1. The number of amides is 1. The first-order valence-corrected chi connectivity index (χ1v) is 9.21. The van der Waals surface area contributed by atoms with E-state index in [1.165, 1.54) is 16.0 Å². The molecule has 0 unspecified atom stereocenters. The quantitative estimate of drug-likeness (QED) is 0.909. The second-order valence-corrected chi connectivity index (χ2v) is 7.41. The normalized spacial score (nSPS) is 17.9. The van der Waals surface area contributed by atoms with Crippen molar-refractivity contribution in [3.8, 4) is 0 Å². The van der Waals surface area contributed by atoms with Crippen LogP contribution in [0.25, 0.3) is 0 Å².